The minimum Gasteiger partial charge on any atom is -0.360 e. The Balaban J connectivity index is 1.59. The number of quaternary nitrogens is 1. The third-order valence-corrected chi connectivity index (χ3v) is 5.27. The number of carbonyl (C=O) groups is 1. The first kappa shape index (κ1) is 17.8. The summed E-state index contributed by atoms with van der Waals surface area (Å²) in [5.41, 5.74) is 2.10. The molecule has 4 nitrogen and oxygen atoms in total. The van der Waals surface area contributed by atoms with Crippen LogP contribution >= 0.6 is 11.6 Å². The van der Waals surface area contributed by atoms with E-state index in [1.807, 2.05) is 62.5 Å². The second-order valence-electron chi connectivity index (χ2n) is 6.58. The number of para-hydroxylation sites is 1. The van der Waals surface area contributed by atoms with Crippen molar-refractivity contribution in [3.05, 3.63) is 59.6 Å². The van der Waals surface area contributed by atoms with Crippen molar-refractivity contribution in [3.63, 3.8) is 0 Å². The quantitative estimate of drug-likeness (QED) is 0.906. The van der Waals surface area contributed by atoms with Crippen LogP contribution in [-0.2, 0) is 4.79 Å². The van der Waals surface area contributed by atoms with Gasteiger partial charge in [0, 0.05) is 23.4 Å². The van der Waals surface area contributed by atoms with E-state index in [2.05, 4.69) is 11.0 Å². The Bertz CT molecular complexity index is 714. The molecule has 0 aliphatic carbocycles. The fourth-order valence-corrected chi connectivity index (χ4v) is 3.59. The van der Waals surface area contributed by atoms with Crippen LogP contribution in [-0.4, -0.2) is 45.2 Å². The predicted octanol–water partition coefficient (Wildman–Crippen LogP) is 2.10. The van der Waals surface area contributed by atoms with Gasteiger partial charge in [-0.3, -0.25) is 4.79 Å². The number of nitrogens with zero attached hydrogens (tertiary/aromatic N) is 2. The van der Waals surface area contributed by atoms with Crippen molar-refractivity contribution in [2.45, 2.75) is 13.0 Å². The van der Waals surface area contributed by atoms with E-state index in [1.54, 1.807) is 4.90 Å². The Morgan fingerprint density at radius 2 is 1.80 bits per heavy atom. The Morgan fingerprint density at radius 3 is 2.44 bits per heavy atom. The first-order valence-electron chi connectivity index (χ1n) is 8.74. The van der Waals surface area contributed by atoms with Gasteiger partial charge in [-0.05, 0) is 37.3 Å². The molecule has 1 atom stereocenters. The number of piperazine rings is 1. The largest absolute Gasteiger partial charge is 0.360 e. The Kier molecular flexibility index (Phi) is 5.61. The van der Waals surface area contributed by atoms with Crippen LogP contribution in [0.5, 0.6) is 0 Å². The van der Waals surface area contributed by atoms with Gasteiger partial charge in [0.15, 0.2) is 6.04 Å². The summed E-state index contributed by atoms with van der Waals surface area (Å²) in [5, 5.41) is 0.764. The molecule has 0 bridgehead atoms. The molecule has 3 rings (SSSR count). The first-order valence-corrected chi connectivity index (χ1v) is 9.12. The first-order chi connectivity index (χ1) is 12.1. The summed E-state index contributed by atoms with van der Waals surface area (Å²) in [4.78, 5) is 18.3. The van der Waals surface area contributed by atoms with Gasteiger partial charge in [0.1, 0.15) is 0 Å². The SMILES string of the molecule is C[C@@H](C(=O)N(C)c1ccccc1)[NH+]1CCN(c2cccc(Cl)c2)CC1. The summed E-state index contributed by atoms with van der Waals surface area (Å²) in [6.45, 7) is 5.79. The number of hydrogen-bond donors (Lipinski definition) is 1. The fourth-order valence-electron chi connectivity index (χ4n) is 3.40. The normalized spacial score (nSPS) is 16.5. The second kappa shape index (κ2) is 7.89. The van der Waals surface area contributed by atoms with Crippen LogP contribution < -0.4 is 14.7 Å². The van der Waals surface area contributed by atoms with Crippen LogP contribution in [0.15, 0.2) is 54.6 Å². The molecule has 1 saturated heterocycles. The Hall–Kier alpha value is -2.04. The molecule has 1 aliphatic heterocycles. The lowest BCUT2D eigenvalue weighted by atomic mass is 10.1. The average Bonchev–Trinajstić information content (AvgIpc) is 2.67. The molecule has 25 heavy (non-hydrogen) atoms. The molecule has 132 valence electrons. The van der Waals surface area contributed by atoms with Crippen LogP contribution in [0, 0.1) is 0 Å². The summed E-state index contributed by atoms with van der Waals surface area (Å²) in [6.07, 6.45) is 0. The zero-order valence-electron chi connectivity index (χ0n) is 14.8. The zero-order chi connectivity index (χ0) is 17.8. The van der Waals surface area contributed by atoms with E-state index in [1.165, 1.54) is 4.90 Å². The number of anilines is 2. The van der Waals surface area contributed by atoms with Gasteiger partial charge < -0.3 is 14.7 Å². The molecule has 1 aliphatic rings. The maximum Gasteiger partial charge on any atom is 0.284 e. The van der Waals surface area contributed by atoms with Gasteiger partial charge >= 0.3 is 0 Å². The lowest BCUT2D eigenvalue weighted by molar-refractivity contribution is -0.914. The zero-order valence-corrected chi connectivity index (χ0v) is 15.5. The molecule has 1 N–H and O–H groups in total. The number of benzene rings is 2. The third-order valence-electron chi connectivity index (χ3n) is 5.04. The molecule has 0 saturated carbocycles. The van der Waals surface area contributed by atoms with Crippen LogP contribution in [0.1, 0.15) is 6.92 Å². The van der Waals surface area contributed by atoms with E-state index < -0.39 is 0 Å². The highest BCUT2D eigenvalue weighted by atomic mass is 35.5. The summed E-state index contributed by atoms with van der Waals surface area (Å²) in [5.74, 6) is 0.164. The molecular weight excluding hydrogens is 334 g/mol. The van der Waals surface area contributed by atoms with Gasteiger partial charge in [-0.15, -0.1) is 0 Å². The van der Waals surface area contributed by atoms with Gasteiger partial charge in [0.05, 0.1) is 26.2 Å². The van der Waals surface area contributed by atoms with Crippen molar-refractivity contribution in [3.8, 4) is 0 Å². The van der Waals surface area contributed by atoms with Gasteiger partial charge in [-0.1, -0.05) is 35.9 Å². The molecule has 1 fully saturated rings. The molecule has 0 spiro atoms. The van der Waals surface area contributed by atoms with Gasteiger partial charge in [-0.2, -0.15) is 0 Å². The van der Waals surface area contributed by atoms with Crippen molar-refractivity contribution in [2.75, 3.05) is 43.0 Å². The molecule has 5 heteroatoms. The Labute approximate surface area is 154 Å². The van der Waals surface area contributed by atoms with E-state index in [0.29, 0.717) is 0 Å². The average molecular weight is 359 g/mol. The number of halogens is 1. The number of carbonyl (C=O) groups excluding carboxylic acids is 1. The smallest absolute Gasteiger partial charge is 0.284 e. The minimum atomic E-state index is -0.0493. The highest BCUT2D eigenvalue weighted by Gasteiger charge is 2.31. The van der Waals surface area contributed by atoms with Gasteiger partial charge in [0.25, 0.3) is 5.91 Å². The monoisotopic (exact) mass is 358 g/mol. The molecule has 0 aromatic heterocycles. The number of hydrogen-bond acceptors (Lipinski definition) is 2. The molecule has 0 unspecified atom stereocenters. The van der Waals surface area contributed by atoms with Crippen molar-refractivity contribution < 1.29 is 9.69 Å². The van der Waals surface area contributed by atoms with Gasteiger partial charge in [0.2, 0.25) is 0 Å². The molecular formula is C20H25ClN3O+. The lowest BCUT2D eigenvalue weighted by Crippen LogP contribution is -3.19. The summed E-state index contributed by atoms with van der Waals surface area (Å²) < 4.78 is 0. The topological polar surface area (TPSA) is 28.0 Å². The van der Waals surface area contributed by atoms with Crippen LogP contribution in [0.4, 0.5) is 11.4 Å². The summed E-state index contributed by atoms with van der Waals surface area (Å²) in [6, 6.07) is 17.7. The van der Waals surface area contributed by atoms with Crippen LogP contribution in [0.25, 0.3) is 0 Å². The summed E-state index contributed by atoms with van der Waals surface area (Å²) >= 11 is 6.10. The molecule has 2 aromatic rings. The molecule has 1 amide bonds. The number of likely N-dealkylation sites (N-methyl/N-ethyl adjacent to an activating group) is 1. The molecule has 0 radical (unpaired) electrons. The van der Waals surface area contributed by atoms with E-state index in [4.69, 9.17) is 11.6 Å². The van der Waals surface area contributed by atoms with E-state index in [0.717, 1.165) is 42.6 Å². The molecule has 2 aromatic carbocycles. The van der Waals surface area contributed by atoms with Gasteiger partial charge in [-0.25, -0.2) is 0 Å². The van der Waals surface area contributed by atoms with Crippen molar-refractivity contribution in [2.24, 2.45) is 0 Å². The summed E-state index contributed by atoms with van der Waals surface area (Å²) in [7, 11) is 1.86. The number of rotatable bonds is 4. The van der Waals surface area contributed by atoms with Crippen molar-refractivity contribution >= 4 is 28.9 Å². The second-order valence-corrected chi connectivity index (χ2v) is 7.02. The fraction of sp³-hybridized carbons (Fsp3) is 0.350. The van der Waals surface area contributed by atoms with Crippen LogP contribution in [0.3, 0.4) is 0 Å². The maximum absolute atomic E-state index is 12.8. The van der Waals surface area contributed by atoms with Crippen molar-refractivity contribution in [1.82, 2.24) is 0 Å². The third kappa shape index (κ3) is 4.14. The van der Waals surface area contributed by atoms with E-state index >= 15 is 0 Å². The predicted molar refractivity (Wildman–Crippen MR) is 104 cm³/mol. The van der Waals surface area contributed by atoms with E-state index in [-0.39, 0.29) is 11.9 Å². The molecule has 1 heterocycles. The van der Waals surface area contributed by atoms with E-state index in [9.17, 15) is 4.79 Å². The highest BCUT2D eigenvalue weighted by molar-refractivity contribution is 6.30. The highest BCUT2D eigenvalue weighted by Crippen LogP contribution is 2.19. The Morgan fingerprint density at radius 1 is 1.12 bits per heavy atom. The maximum atomic E-state index is 12.8. The standard InChI is InChI=1S/C20H24ClN3O/c1-16(20(25)22(2)18-8-4-3-5-9-18)23-11-13-24(14-12-23)19-10-6-7-17(21)15-19/h3-10,15-16H,11-14H2,1-2H3/p+1/t16-/m0/s1. The lowest BCUT2D eigenvalue weighted by Gasteiger charge is -2.37. The van der Waals surface area contributed by atoms with Crippen molar-refractivity contribution in [1.29, 1.82) is 0 Å². The number of nitrogens with one attached hydrogen (secondary N) is 1. The minimum absolute atomic E-state index is 0.0493. The van der Waals surface area contributed by atoms with Crippen LogP contribution in [0.2, 0.25) is 5.02 Å². The number of amides is 1.